The fraction of sp³-hybridized carbons (Fsp3) is 0.125. The van der Waals surface area contributed by atoms with Crippen molar-refractivity contribution >= 4 is 17.6 Å². The smallest absolute Gasteiger partial charge is 0.339 e. The van der Waals surface area contributed by atoms with Gasteiger partial charge in [-0.15, -0.1) is 0 Å². The molecule has 2 aromatic rings. The first-order chi connectivity index (χ1) is 10.1. The van der Waals surface area contributed by atoms with Gasteiger partial charge in [-0.25, -0.2) is 4.79 Å². The molecule has 5 heteroatoms. The van der Waals surface area contributed by atoms with Crippen molar-refractivity contribution in [3.8, 4) is 5.75 Å². The van der Waals surface area contributed by atoms with Gasteiger partial charge in [0.1, 0.15) is 11.3 Å². The van der Waals surface area contributed by atoms with Crippen LogP contribution in [0.15, 0.2) is 48.5 Å². The number of carbonyl (C=O) groups is 2. The lowest BCUT2D eigenvalue weighted by Crippen LogP contribution is -2.21. The number of rotatable bonds is 5. The molecule has 0 unspecified atom stereocenters. The van der Waals surface area contributed by atoms with Gasteiger partial charge in [-0.2, -0.15) is 0 Å². The van der Waals surface area contributed by atoms with Crippen molar-refractivity contribution in [1.29, 1.82) is 0 Å². The molecule has 0 spiro atoms. The molecule has 0 saturated carbocycles. The second-order valence-corrected chi connectivity index (χ2v) is 4.46. The molecule has 0 heterocycles. The summed E-state index contributed by atoms with van der Waals surface area (Å²) >= 11 is 0. The number of carbonyl (C=O) groups excluding carboxylic acids is 1. The molecule has 0 saturated heterocycles. The molecular weight excluding hydrogens is 270 g/mol. The summed E-state index contributed by atoms with van der Waals surface area (Å²) in [5, 5.41) is 11.8. The molecule has 21 heavy (non-hydrogen) atoms. The highest BCUT2D eigenvalue weighted by Gasteiger charge is 2.14. The summed E-state index contributed by atoms with van der Waals surface area (Å²) in [4.78, 5) is 22.9. The molecule has 5 nitrogen and oxygen atoms in total. The van der Waals surface area contributed by atoms with Gasteiger partial charge in [-0.1, -0.05) is 30.3 Å². The second kappa shape index (κ2) is 6.56. The van der Waals surface area contributed by atoms with Gasteiger partial charge in [0, 0.05) is 5.69 Å². The van der Waals surface area contributed by atoms with E-state index in [1.165, 1.54) is 6.07 Å². The van der Waals surface area contributed by atoms with Crippen molar-refractivity contribution in [3.63, 3.8) is 0 Å². The summed E-state index contributed by atoms with van der Waals surface area (Å²) in [6, 6.07) is 13.8. The molecule has 2 aromatic carbocycles. The topological polar surface area (TPSA) is 75.6 Å². The maximum absolute atomic E-state index is 11.8. The molecule has 0 radical (unpaired) electrons. The van der Waals surface area contributed by atoms with Gasteiger partial charge in [-0.3, -0.25) is 4.79 Å². The van der Waals surface area contributed by atoms with Gasteiger partial charge >= 0.3 is 5.97 Å². The average Bonchev–Trinajstić information content (AvgIpc) is 2.46. The van der Waals surface area contributed by atoms with Crippen molar-refractivity contribution < 1.29 is 19.4 Å². The van der Waals surface area contributed by atoms with Crippen LogP contribution in [0.5, 0.6) is 5.75 Å². The number of hydrogen-bond donors (Lipinski definition) is 2. The number of amides is 1. The Hall–Kier alpha value is -2.82. The molecule has 108 valence electrons. The lowest BCUT2D eigenvalue weighted by Gasteiger charge is -2.12. The number of nitrogens with one attached hydrogen (secondary N) is 1. The third-order valence-electron chi connectivity index (χ3n) is 2.85. The minimum Gasteiger partial charge on any atom is -0.483 e. The van der Waals surface area contributed by atoms with E-state index < -0.39 is 5.97 Å². The maximum Gasteiger partial charge on any atom is 0.339 e. The highest BCUT2D eigenvalue weighted by Crippen LogP contribution is 2.23. The number of carboxylic acids is 1. The van der Waals surface area contributed by atoms with Gasteiger partial charge < -0.3 is 15.2 Å². The summed E-state index contributed by atoms with van der Waals surface area (Å²) < 4.78 is 5.37. The quantitative estimate of drug-likeness (QED) is 0.885. The number of anilines is 1. The van der Waals surface area contributed by atoms with Crippen LogP contribution in [0.3, 0.4) is 0 Å². The number of carboxylic acid groups (broad SMARTS) is 1. The Labute approximate surface area is 122 Å². The molecule has 0 atom stereocenters. The minimum atomic E-state index is -1.09. The molecule has 0 fully saturated rings. The predicted octanol–water partition coefficient (Wildman–Crippen LogP) is 2.71. The Morgan fingerprint density at radius 3 is 2.48 bits per heavy atom. The maximum atomic E-state index is 11.8. The van der Waals surface area contributed by atoms with Crippen molar-refractivity contribution in [3.05, 3.63) is 59.7 Å². The lowest BCUT2D eigenvalue weighted by atomic mass is 10.1. The van der Waals surface area contributed by atoms with Crippen molar-refractivity contribution in [2.24, 2.45) is 0 Å². The number of hydrogen-bond acceptors (Lipinski definition) is 3. The van der Waals surface area contributed by atoms with Crippen LogP contribution in [-0.2, 0) is 4.79 Å². The molecule has 2 rings (SSSR count). The summed E-state index contributed by atoms with van der Waals surface area (Å²) in [6.45, 7) is 1.48. The van der Waals surface area contributed by atoms with E-state index in [-0.39, 0.29) is 23.8 Å². The van der Waals surface area contributed by atoms with Crippen molar-refractivity contribution in [2.45, 2.75) is 6.92 Å². The van der Waals surface area contributed by atoms with Gasteiger partial charge in [0.2, 0.25) is 0 Å². The average molecular weight is 285 g/mol. The highest BCUT2D eigenvalue weighted by atomic mass is 16.5. The molecule has 1 amide bonds. The first-order valence-electron chi connectivity index (χ1n) is 6.38. The van der Waals surface area contributed by atoms with Crippen LogP contribution >= 0.6 is 0 Å². The van der Waals surface area contributed by atoms with Gasteiger partial charge in [0.15, 0.2) is 6.61 Å². The molecule has 2 N–H and O–H groups in total. The first kappa shape index (κ1) is 14.6. The standard InChI is InChI=1S/C16H15NO4/c1-11-6-5-9-13(16(19)20)15(11)21-10-14(18)17-12-7-3-2-4-8-12/h2-9H,10H2,1H3,(H,17,18)(H,19,20). The molecule has 0 aliphatic rings. The highest BCUT2D eigenvalue weighted by molar-refractivity contribution is 5.93. The number of para-hydroxylation sites is 2. The van der Waals surface area contributed by atoms with E-state index in [1.54, 1.807) is 43.3 Å². The number of benzene rings is 2. The van der Waals surface area contributed by atoms with Crippen LogP contribution < -0.4 is 10.1 Å². The molecule has 0 aliphatic heterocycles. The van der Waals surface area contributed by atoms with E-state index in [0.717, 1.165) is 0 Å². The fourth-order valence-corrected chi connectivity index (χ4v) is 1.87. The summed E-state index contributed by atoms with van der Waals surface area (Å²) in [6.07, 6.45) is 0. The van der Waals surface area contributed by atoms with Crippen LogP contribution in [0.1, 0.15) is 15.9 Å². The van der Waals surface area contributed by atoms with Crippen LogP contribution in [0, 0.1) is 6.92 Å². The summed E-state index contributed by atoms with van der Waals surface area (Å²) in [7, 11) is 0. The van der Waals surface area contributed by atoms with E-state index in [4.69, 9.17) is 9.84 Å². The summed E-state index contributed by atoms with van der Waals surface area (Å²) in [5.74, 6) is -1.22. The third kappa shape index (κ3) is 3.82. The van der Waals surface area contributed by atoms with E-state index >= 15 is 0 Å². The van der Waals surface area contributed by atoms with Crippen molar-refractivity contribution in [2.75, 3.05) is 11.9 Å². The van der Waals surface area contributed by atoms with Gasteiger partial charge in [-0.05, 0) is 30.7 Å². The normalized spacial score (nSPS) is 9.95. The zero-order valence-electron chi connectivity index (χ0n) is 11.5. The Morgan fingerprint density at radius 2 is 1.81 bits per heavy atom. The van der Waals surface area contributed by atoms with E-state index in [0.29, 0.717) is 11.3 Å². The van der Waals surface area contributed by atoms with Gasteiger partial charge in [0.25, 0.3) is 5.91 Å². The monoisotopic (exact) mass is 285 g/mol. The van der Waals surface area contributed by atoms with E-state index in [1.807, 2.05) is 6.07 Å². The number of ether oxygens (including phenoxy) is 1. The van der Waals surface area contributed by atoms with Crippen LogP contribution in [0.4, 0.5) is 5.69 Å². The summed E-state index contributed by atoms with van der Waals surface area (Å²) in [5.41, 5.74) is 1.37. The zero-order valence-corrected chi connectivity index (χ0v) is 11.5. The van der Waals surface area contributed by atoms with Crippen LogP contribution in [0.2, 0.25) is 0 Å². The molecule has 0 aliphatic carbocycles. The van der Waals surface area contributed by atoms with Gasteiger partial charge in [0.05, 0.1) is 0 Å². The van der Waals surface area contributed by atoms with Crippen molar-refractivity contribution in [1.82, 2.24) is 0 Å². The SMILES string of the molecule is Cc1cccc(C(=O)O)c1OCC(=O)Nc1ccccc1. The van der Waals surface area contributed by atoms with E-state index in [2.05, 4.69) is 5.32 Å². The largest absolute Gasteiger partial charge is 0.483 e. The minimum absolute atomic E-state index is 0.0440. The lowest BCUT2D eigenvalue weighted by molar-refractivity contribution is -0.118. The Morgan fingerprint density at radius 1 is 1.10 bits per heavy atom. The molecule has 0 aromatic heterocycles. The Balaban J connectivity index is 2.03. The fourth-order valence-electron chi connectivity index (χ4n) is 1.87. The molecule has 0 bridgehead atoms. The predicted molar refractivity (Wildman–Crippen MR) is 78.7 cm³/mol. The number of aryl methyl sites for hydroxylation is 1. The molecular formula is C16H15NO4. The third-order valence-corrected chi connectivity index (χ3v) is 2.85. The Kier molecular flexibility index (Phi) is 4.56. The second-order valence-electron chi connectivity index (χ2n) is 4.46. The van der Waals surface area contributed by atoms with Crippen LogP contribution in [-0.4, -0.2) is 23.6 Å². The van der Waals surface area contributed by atoms with E-state index in [9.17, 15) is 9.59 Å². The first-order valence-corrected chi connectivity index (χ1v) is 6.38. The zero-order chi connectivity index (χ0) is 15.2. The van der Waals surface area contributed by atoms with Crippen LogP contribution in [0.25, 0.3) is 0 Å². The Bertz CT molecular complexity index is 653. The number of aromatic carboxylic acids is 1.